The Morgan fingerprint density at radius 1 is 0.298 bits per heavy atom. The summed E-state index contributed by atoms with van der Waals surface area (Å²) < 4.78 is 79.5. The van der Waals surface area contributed by atoms with Crippen molar-refractivity contribution in [2.75, 3.05) is 4.90 Å². The molecule has 0 amide bonds. The molecule has 0 aromatic heterocycles. The molecule has 10 rings (SSSR count). The second kappa shape index (κ2) is 15.0. The second-order valence-corrected chi connectivity index (χ2v) is 13.8. The van der Waals surface area contributed by atoms with E-state index in [0.29, 0.717) is 11.4 Å². The van der Waals surface area contributed by atoms with Gasteiger partial charge in [0.1, 0.15) is 0 Å². The molecule has 0 N–H and O–H groups in total. The van der Waals surface area contributed by atoms with Crippen LogP contribution in [-0.4, -0.2) is 0 Å². The molecule has 0 bridgehead atoms. The third-order valence-corrected chi connectivity index (χ3v) is 10.4. The van der Waals surface area contributed by atoms with E-state index < -0.39 is 54.4 Å². The summed E-state index contributed by atoms with van der Waals surface area (Å²) in [4.78, 5) is 1.69. The van der Waals surface area contributed by atoms with Crippen molar-refractivity contribution in [3.63, 3.8) is 0 Å². The summed E-state index contributed by atoms with van der Waals surface area (Å²) in [5.74, 6) is 0. The number of fused-ring (bicyclic) bond motifs is 2. The molecule has 1 nitrogen and oxygen atoms in total. The smallest absolute Gasteiger partial charge is 0.0645 e. The van der Waals surface area contributed by atoms with Gasteiger partial charge < -0.3 is 4.90 Å². The normalized spacial score (nSPS) is 13.4. The van der Waals surface area contributed by atoms with Crippen LogP contribution in [-0.2, 0) is 0 Å². The van der Waals surface area contributed by atoms with Crippen molar-refractivity contribution in [1.82, 2.24) is 0 Å². The molecule has 0 aliphatic carbocycles. The van der Waals surface area contributed by atoms with Gasteiger partial charge in [0.25, 0.3) is 0 Å². The maximum absolute atomic E-state index is 9.49. The van der Waals surface area contributed by atoms with E-state index in [2.05, 4.69) is 84.9 Å². The molecule has 1 heteroatoms. The number of hydrogen-bond acceptors (Lipinski definition) is 1. The molecule has 0 aliphatic rings. The second-order valence-electron chi connectivity index (χ2n) is 13.8. The molecule has 0 saturated heterocycles. The van der Waals surface area contributed by atoms with E-state index >= 15 is 0 Å². The maximum Gasteiger partial charge on any atom is 0.0645 e. The standard InChI is InChI=1S/C56H39N/c1-3-13-40(14-4-1)41-25-32-49(33-26-41)57(50-34-27-42(28-35-50)47-20-11-21-48(39-47)53-24-12-19-43-17-7-9-22-52(43)53)51-36-29-46(30-37-51)56-54-23-10-8-18-45(54)31-38-55(56)44-15-5-2-6-16-44/h1-39H/i1D,3D,4D,13D,14D,25D,26D,32D,33D. The molecule has 57 heavy (non-hydrogen) atoms. The first-order valence-corrected chi connectivity index (χ1v) is 18.9. The largest absolute Gasteiger partial charge is 0.311 e. The van der Waals surface area contributed by atoms with Crippen molar-refractivity contribution in [2.24, 2.45) is 0 Å². The van der Waals surface area contributed by atoms with E-state index in [0.717, 1.165) is 66.1 Å². The van der Waals surface area contributed by atoms with Crippen LogP contribution in [0.5, 0.6) is 0 Å². The maximum atomic E-state index is 9.49. The van der Waals surface area contributed by atoms with Gasteiger partial charge in [0.2, 0.25) is 0 Å². The molecule has 0 spiro atoms. The van der Waals surface area contributed by atoms with Gasteiger partial charge in [0, 0.05) is 17.1 Å². The summed E-state index contributed by atoms with van der Waals surface area (Å²) >= 11 is 0. The Bertz CT molecular complexity index is 3450. The van der Waals surface area contributed by atoms with E-state index in [1.165, 1.54) is 0 Å². The highest BCUT2D eigenvalue weighted by atomic mass is 15.1. The Morgan fingerprint density at radius 3 is 1.60 bits per heavy atom. The van der Waals surface area contributed by atoms with Crippen LogP contribution in [0.25, 0.3) is 77.2 Å². The van der Waals surface area contributed by atoms with Gasteiger partial charge >= 0.3 is 0 Å². The highest BCUT2D eigenvalue weighted by molar-refractivity contribution is 6.04. The first-order valence-electron chi connectivity index (χ1n) is 23.4. The van der Waals surface area contributed by atoms with Crippen molar-refractivity contribution in [3.05, 3.63) is 236 Å². The fourth-order valence-corrected chi connectivity index (χ4v) is 7.69. The van der Waals surface area contributed by atoms with Crippen molar-refractivity contribution >= 4 is 38.6 Å². The molecule has 10 aromatic carbocycles. The van der Waals surface area contributed by atoms with Crippen LogP contribution in [0.2, 0.25) is 0 Å². The molecule has 268 valence electrons. The van der Waals surface area contributed by atoms with Gasteiger partial charge in [0.05, 0.1) is 12.3 Å². The van der Waals surface area contributed by atoms with Crippen LogP contribution in [0.4, 0.5) is 17.1 Å². The van der Waals surface area contributed by atoms with Gasteiger partial charge in [-0.05, 0) is 120 Å². The van der Waals surface area contributed by atoms with E-state index in [-0.39, 0.29) is 16.8 Å². The highest BCUT2D eigenvalue weighted by Crippen LogP contribution is 2.42. The predicted octanol–water partition coefficient (Wildman–Crippen LogP) is 15.8. The lowest BCUT2D eigenvalue weighted by Gasteiger charge is -2.26. The number of benzene rings is 10. The van der Waals surface area contributed by atoms with E-state index in [4.69, 9.17) is 6.85 Å². The minimum atomic E-state index is -0.627. The number of nitrogens with zero attached hydrogens (tertiary/aromatic N) is 1. The minimum Gasteiger partial charge on any atom is -0.311 e. The van der Waals surface area contributed by atoms with Crippen LogP contribution in [0.15, 0.2) is 236 Å². The van der Waals surface area contributed by atoms with Gasteiger partial charge in [-0.25, -0.2) is 0 Å². The number of anilines is 3. The van der Waals surface area contributed by atoms with Gasteiger partial charge in [-0.1, -0.05) is 194 Å². The number of rotatable bonds is 8. The Hall–Kier alpha value is -7.48. The molecule has 0 unspecified atom stereocenters. The monoisotopic (exact) mass is 734 g/mol. The Balaban J connectivity index is 1.13. The van der Waals surface area contributed by atoms with Crippen molar-refractivity contribution < 1.29 is 12.3 Å². The van der Waals surface area contributed by atoms with Crippen molar-refractivity contribution in [2.45, 2.75) is 0 Å². The first-order chi connectivity index (χ1) is 32.0. The fraction of sp³-hybridized carbons (Fsp3) is 0. The molecule has 0 radical (unpaired) electrons. The number of hydrogen-bond donors (Lipinski definition) is 0. The molecular weight excluding hydrogens is 687 g/mol. The summed E-state index contributed by atoms with van der Waals surface area (Å²) in [5.41, 5.74) is 8.50. The van der Waals surface area contributed by atoms with Crippen molar-refractivity contribution in [1.29, 1.82) is 0 Å². The Labute approximate surface area is 347 Å². The third-order valence-electron chi connectivity index (χ3n) is 10.4. The van der Waals surface area contributed by atoms with Crippen LogP contribution >= 0.6 is 0 Å². The lowest BCUT2D eigenvalue weighted by Crippen LogP contribution is -2.09. The minimum absolute atomic E-state index is 0.0605. The van der Waals surface area contributed by atoms with Gasteiger partial charge in [-0.15, -0.1) is 0 Å². The zero-order valence-electron chi connectivity index (χ0n) is 39.8. The molecule has 0 saturated carbocycles. The summed E-state index contributed by atoms with van der Waals surface area (Å²) in [5, 5.41) is 4.47. The van der Waals surface area contributed by atoms with Gasteiger partial charge in [0.15, 0.2) is 0 Å². The summed E-state index contributed by atoms with van der Waals surface area (Å²) in [6.07, 6.45) is 0. The Morgan fingerprint density at radius 2 is 0.860 bits per heavy atom. The summed E-state index contributed by atoms with van der Waals surface area (Å²) in [6.45, 7) is 0. The quantitative estimate of drug-likeness (QED) is 0.150. The molecule has 0 heterocycles. The van der Waals surface area contributed by atoms with Crippen LogP contribution < -0.4 is 4.90 Å². The van der Waals surface area contributed by atoms with E-state index in [1.54, 1.807) is 4.90 Å². The molecule has 0 fully saturated rings. The Kier molecular flexibility index (Phi) is 6.72. The zero-order chi connectivity index (χ0) is 45.8. The summed E-state index contributed by atoms with van der Waals surface area (Å²) in [6, 6.07) is 56.2. The average molecular weight is 735 g/mol. The van der Waals surface area contributed by atoms with Crippen LogP contribution in [0.3, 0.4) is 0 Å². The topological polar surface area (TPSA) is 3.24 Å². The lowest BCUT2D eigenvalue weighted by molar-refractivity contribution is 1.28. The predicted molar refractivity (Wildman–Crippen MR) is 243 cm³/mol. The van der Waals surface area contributed by atoms with Crippen LogP contribution in [0, 0.1) is 0 Å². The molecule has 0 aliphatic heterocycles. The molecular formula is C56H39N. The first kappa shape index (κ1) is 25.6. The van der Waals surface area contributed by atoms with Crippen molar-refractivity contribution in [3.8, 4) is 55.6 Å². The highest BCUT2D eigenvalue weighted by Gasteiger charge is 2.16. The van der Waals surface area contributed by atoms with Gasteiger partial charge in [-0.3, -0.25) is 0 Å². The summed E-state index contributed by atoms with van der Waals surface area (Å²) in [7, 11) is 0. The molecule has 10 aromatic rings. The third kappa shape index (κ3) is 6.66. The fourth-order valence-electron chi connectivity index (χ4n) is 7.69. The lowest BCUT2D eigenvalue weighted by atomic mass is 9.89. The van der Waals surface area contributed by atoms with E-state index in [1.807, 2.05) is 97.1 Å². The van der Waals surface area contributed by atoms with Crippen LogP contribution in [0.1, 0.15) is 12.3 Å². The SMILES string of the molecule is [2H]c1c([2H])c([2H])c(-c2c([2H])c([2H])c(N(c3ccc(-c4cccc(-c5cccc6ccccc56)c4)cc3)c3ccc(-c4c(-c5ccccc5)ccc5ccccc45)cc3)c([2H])c2[2H])c([2H])c1[2H]. The average Bonchev–Trinajstić information content (AvgIpc) is 3.36. The zero-order valence-corrected chi connectivity index (χ0v) is 30.8. The van der Waals surface area contributed by atoms with E-state index in [9.17, 15) is 5.48 Å². The molecule has 0 atom stereocenters. The van der Waals surface area contributed by atoms with Gasteiger partial charge in [-0.2, -0.15) is 0 Å².